The minimum absolute atomic E-state index is 0.0596. The summed E-state index contributed by atoms with van der Waals surface area (Å²) in [6.45, 7) is 13.5. The molecular formula is C25H38ClF2N7. The number of aromatic nitrogens is 3. The molecule has 0 amide bonds. The lowest BCUT2D eigenvalue weighted by Crippen LogP contribution is -2.30. The van der Waals surface area contributed by atoms with Gasteiger partial charge in [-0.25, -0.2) is 24.3 Å². The highest BCUT2D eigenvalue weighted by molar-refractivity contribution is 6.30. The lowest BCUT2D eigenvalue weighted by atomic mass is 10.1. The van der Waals surface area contributed by atoms with Crippen molar-refractivity contribution in [2.45, 2.75) is 67.7 Å². The summed E-state index contributed by atoms with van der Waals surface area (Å²) in [5.41, 5.74) is 2.77. The minimum Gasteiger partial charge on any atom is -0.322 e. The number of rotatable bonds is 5. The number of nitrogens with zero attached hydrogens (tertiary/aromatic N) is 5. The molecule has 0 bridgehead atoms. The van der Waals surface area contributed by atoms with Crippen LogP contribution in [0.25, 0.3) is 5.69 Å². The molecule has 0 atom stereocenters. The zero-order valence-electron chi connectivity index (χ0n) is 21.7. The van der Waals surface area contributed by atoms with Gasteiger partial charge in [-0.2, -0.15) is 10.2 Å². The Hall–Kier alpha value is -3.04. The van der Waals surface area contributed by atoms with E-state index in [0.717, 1.165) is 10.7 Å². The summed E-state index contributed by atoms with van der Waals surface area (Å²) >= 11 is 5.58. The summed E-state index contributed by atoms with van der Waals surface area (Å²) in [6, 6.07) is 6.58. The zero-order valence-corrected chi connectivity index (χ0v) is 22.4. The highest BCUT2D eigenvalue weighted by Gasteiger charge is 2.11. The van der Waals surface area contributed by atoms with Crippen molar-refractivity contribution in [3.8, 4) is 5.69 Å². The fourth-order valence-electron chi connectivity index (χ4n) is 2.80. The van der Waals surface area contributed by atoms with Crippen LogP contribution in [0, 0.1) is 32.4 Å². The SMILES string of the molecule is CC.CCCCC.Cc1c(N(N)/C=N\N)ccc(Cl)c1F.Cc1ccc(-n2cncn2)c(C)c1F. The number of hydrazone groups is 1. The molecule has 0 aliphatic rings. The molecule has 4 N–H and O–H groups in total. The first-order valence-corrected chi connectivity index (χ1v) is 11.9. The number of halogens is 3. The Bertz CT molecular complexity index is 1020. The summed E-state index contributed by atoms with van der Waals surface area (Å²) in [4.78, 5) is 3.82. The molecule has 0 saturated carbocycles. The van der Waals surface area contributed by atoms with E-state index in [9.17, 15) is 8.78 Å². The lowest BCUT2D eigenvalue weighted by Gasteiger charge is -2.15. The van der Waals surface area contributed by atoms with E-state index in [-0.39, 0.29) is 10.8 Å². The van der Waals surface area contributed by atoms with Crippen LogP contribution in [0.15, 0.2) is 42.0 Å². The van der Waals surface area contributed by atoms with Crippen molar-refractivity contribution in [1.29, 1.82) is 0 Å². The molecule has 0 unspecified atom stereocenters. The first-order chi connectivity index (χ1) is 16.7. The maximum absolute atomic E-state index is 13.5. The zero-order chi connectivity index (χ0) is 27.0. The molecule has 1 aromatic heterocycles. The van der Waals surface area contributed by atoms with Gasteiger partial charge in [0.25, 0.3) is 0 Å². The number of hydrogen-bond donors (Lipinski definition) is 2. The van der Waals surface area contributed by atoms with Gasteiger partial charge in [-0.05, 0) is 44.5 Å². The Balaban J connectivity index is 0.000000525. The summed E-state index contributed by atoms with van der Waals surface area (Å²) in [5.74, 6) is 9.75. The van der Waals surface area contributed by atoms with Crippen molar-refractivity contribution in [2.75, 3.05) is 5.01 Å². The maximum Gasteiger partial charge on any atom is 0.146 e. The van der Waals surface area contributed by atoms with Gasteiger partial charge in [0.05, 0.1) is 16.4 Å². The largest absolute Gasteiger partial charge is 0.322 e. The molecular weight excluding hydrogens is 472 g/mol. The number of nitrogens with two attached hydrogens (primary N) is 2. The normalized spacial score (nSPS) is 9.91. The first kappa shape index (κ1) is 32.0. The second-order valence-electron chi connectivity index (χ2n) is 7.21. The van der Waals surface area contributed by atoms with E-state index in [4.69, 9.17) is 23.3 Å². The molecule has 2 aromatic carbocycles. The molecule has 35 heavy (non-hydrogen) atoms. The highest BCUT2D eigenvalue weighted by Crippen LogP contribution is 2.25. The Morgan fingerprint density at radius 1 is 1.03 bits per heavy atom. The lowest BCUT2D eigenvalue weighted by molar-refractivity contribution is 0.606. The number of unbranched alkanes of at least 4 members (excludes halogenated alkanes) is 2. The molecule has 194 valence electrons. The van der Waals surface area contributed by atoms with Crippen molar-refractivity contribution >= 4 is 23.6 Å². The Morgan fingerprint density at radius 3 is 2.14 bits per heavy atom. The summed E-state index contributed by atoms with van der Waals surface area (Å²) in [7, 11) is 0. The fraction of sp³-hybridized carbons (Fsp3) is 0.400. The predicted octanol–water partition coefficient (Wildman–Crippen LogP) is 6.62. The van der Waals surface area contributed by atoms with Crippen molar-refractivity contribution in [3.05, 3.63) is 70.3 Å². The van der Waals surface area contributed by atoms with Gasteiger partial charge >= 0.3 is 0 Å². The third kappa shape index (κ3) is 10.00. The number of aryl methyl sites for hydroxylation is 1. The Labute approximate surface area is 212 Å². The molecule has 0 radical (unpaired) electrons. The molecule has 10 heteroatoms. The summed E-state index contributed by atoms with van der Waals surface area (Å²) in [6.07, 6.45) is 8.23. The fourth-order valence-corrected chi connectivity index (χ4v) is 3.00. The standard InChI is InChI=1S/C10H10FN3.C8H10ClFN4.C5H12.C2H6/c1-7-3-4-9(8(2)10(7)11)14-6-12-5-13-14;1-5-7(14(12)4-13-11)3-2-6(9)8(5)10;1-3-5-4-2;1-2/h3-6H,1-2H3;2-4H,11-12H2,1H3;3-5H2,1-2H3;1-2H3/b;13-4-;;. The molecule has 0 spiro atoms. The van der Waals surface area contributed by atoms with Crippen molar-refractivity contribution in [2.24, 2.45) is 16.8 Å². The molecule has 7 nitrogen and oxygen atoms in total. The van der Waals surface area contributed by atoms with E-state index in [1.165, 1.54) is 38.0 Å². The molecule has 1 heterocycles. The molecule has 0 fully saturated rings. The quantitative estimate of drug-likeness (QED) is 0.174. The Kier molecular flexibility index (Phi) is 15.9. The van der Waals surface area contributed by atoms with E-state index in [1.54, 1.807) is 43.9 Å². The van der Waals surface area contributed by atoms with Crippen molar-refractivity contribution in [1.82, 2.24) is 14.8 Å². The van der Waals surface area contributed by atoms with Gasteiger partial charge < -0.3 is 5.84 Å². The van der Waals surface area contributed by atoms with Crippen LogP contribution in [0.1, 0.15) is 63.6 Å². The van der Waals surface area contributed by atoms with Gasteiger partial charge in [0.1, 0.15) is 30.6 Å². The second kappa shape index (κ2) is 17.4. The number of hydrogen-bond acceptors (Lipinski definition) is 5. The van der Waals surface area contributed by atoms with Gasteiger partial charge in [0.15, 0.2) is 0 Å². The second-order valence-corrected chi connectivity index (χ2v) is 7.62. The van der Waals surface area contributed by atoms with Gasteiger partial charge in [-0.15, -0.1) is 0 Å². The van der Waals surface area contributed by atoms with Crippen LogP contribution in [-0.4, -0.2) is 21.1 Å². The molecule has 3 aromatic rings. The van der Waals surface area contributed by atoms with Crippen LogP contribution in [-0.2, 0) is 0 Å². The third-order valence-corrected chi connectivity index (χ3v) is 5.00. The van der Waals surface area contributed by atoms with Gasteiger partial charge in [0, 0.05) is 11.1 Å². The van der Waals surface area contributed by atoms with E-state index in [1.807, 2.05) is 19.9 Å². The van der Waals surface area contributed by atoms with E-state index in [2.05, 4.69) is 29.0 Å². The highest BCUT2D eigenvalue weighted by atomic mass is 35.5. The van der Waals surface area contributed by atoms with Crippen LogP contribution >= 0.6 is 11.6 Å². The van der Waals surface area contributed by atoms with Crippen LogP contribution in [0.5, 0.6) is 0 Å². The van der Waals surface area contributed by atoms with Crippen molar-refractivity contribution < 1.29 is 8.78 Å². The molecule has 3 rings (SSSR count). The predicted molar refractivity (Wildman–Crippen MR) is 143 cm³/mol. The Morgan fingerprint density at radius 2 is 1.66 bits per heavy atom. The summed E-state index contributed by atoms with van der Waals surface area (Å²) < 4.78 is 28.4. The minimum atomic E-state index is -0.495. The first-order valence-electron chi connectivity index (χ1n) is 11.5. The summed E-state index contributed by atoms with van der Waals surface area (Å²) in [5, 5.41) is 8.36. The average molecular weight is 510 g/mol. The molecule has 0 aliphatic carbocycles. The van der Waals surface area contributed by atoms with Crippen LogP contribution in [0.2, 0.25) is 5.02 Å². The number of hydrazine groups is 1. The third-order valence-electron chi connectivity index (χ3n) is 4.70. The molecule has 0 aliphatic heterocycles. The van der Waals surface area contributed by atoms with E-state index >= 15 is 0 Å². The number of anilines is 1. The van der Waals surface area contributed by atoms with Crippen LogP contribution in [0.3, 0.4) is 0 Å². The van der Waals surface area contributed by atoms with Crippen molar-refractivity contribution in [3.63, 3.8) is 0 Å². The number of benzene rings is 2. The molecule has 0 saturated heterocycles. The van der Waals surface area contributed by atoms with E-state index in [0.29, 0.717) is 22.4 Å². The van der Waals surface area contributed by atoms with Gasteiger partial charge in [-0.1, -0.05) is 64.6 Å². The smallest absolute Gasteiger partial charge is 0.146 e. The van der Waals surface area contributed by atoms with Crippen LogP contribution < -0.4 is 16.7 Å². The monoisotopic (exact) mass is 509 g/mol. The van der Waals surface area contributed by atoms with Gasteiger partial charge in [-0.3, -0.25) is 5.01 Å². The van der Waals surface area contributed by atoms with Gasteiger partial charge in [0.2, 0.25) is 0 Å². The topological polar surface area (TPSA) is 98.3 Å². The maximum atomic E-state index is 13.5. The van der Waals surface area contributed by atoms with E-state index < -0.39 is 5.82 Å². The van der Waals surface area contributed by atoms with Crippen LogP contribution in [0.4, 0.5) is 14.5 Å². The average Bonchev–Trinajstić information content (AvgIpc) is 3.39.